The van der Waals surface area contributed by atoms with Gasteiger partial charge in [0, 0.05) is 51.6 Å². The molecule has 2 N–H and O–H groups in total. The SMILES string of the molecule is CN(C)c1ccccn1.O=P1(NCCCl)OCCC(OO)N1CCCl. The van der Waals surface area contributed by atoms with E-state index in [9.17, 15) is 4.57 Å². The second kappa shape index (κ2) is 12.0. The van der Waals surface area contributed by atoms with Gasteiger partial charge >= 0.3 is 7.67 Å². The first kappa shape index (κ1) is 22.6. The number of nitrogens with zero attached hydrogens (tertiary/aromatic N) is 3. The van der Waals surface area contributed by atoms with Crippen molar-refractivity contribution in [3.05, 3.63) is 24.4 Å². The molecule has 1 saturated heterocycles. The summed E-state index contributed by atoms with van der Waals surface area (Å²) in [5.41, 5.74) is 0. The van der Waals surface area contributed by atoms with Crippen LogP contribution in [0.4, 0.5) is 5.82 Å². The molecule has 0 amide bonds. The Morgan fingerprint density at radius 2 is 2.24 bits per heavy atom. The number of halogens is 2. The Hall–Kier alpha value is -0.440. The maximum Gasteiger partial charge on any atom is 0.345 e. The zero-order chi connectivity index (χ0) is 18.7. The number of anilines is 1. The average molecular weight is 415 g/mol. The minimum absolute atomic E-state index is 0.247. The third-order valence-electron chi connectivity index (χ3n) is 3.25. The lowest BCUT2D eigenvalue weighted by molar-refractivity contribution is -0.308. The Morgan fingerprint density at radius 3 is 2.72 bits per heavy atom. The smallest absolute Gasteiger partial charge is 0.345 e. The van der Waals surface area contributed by atoms with Gasteiger partial charge in [0.05, 0.1) is 6.61 Å². The number of aromatic nitrogens is 1. The summed E-state index contributed by atoms with van der Waals surface area (Å²) in [6.45, 7) is 0.881. The predicted octanol–water partition coefficient (Wildman–Crippen LogP) is 2.85. The van der Waals surface area contributed by atoms with Gasteiger partial charge in [-0.2, -0.15) is 4.67 Å². The van der Waals surface area contributed by atoms with Gasteiger partial charge in [-0.3, -0.25) is 9.82 Å². The molecule has 1 aromatic rings. The summed E-state index contributed by atoms with van der Waals surface area (Å²) in [7, 11) is 0.749. The van der Waals surface area contributed by atoms with Crippen LogP contribution in [0.3, 0.4) is 0 Å². The van der Waals surface area contributed by atoms with E-state index in [0.717, 1.165) is 5.82 Å². The Kier molecular flexibility index (Phi) is 10.9. The lowest BCUT2D eigenvalue weighted by Gasteiger charge is -2.38. The van der Waals surface area contributed by atoms with Crippen LogP contribution in [-0.4, -0.2) is 66.7 Å². The summed E-state index contributed by atoms with van der Waals surface area (Å²) in [5, 5.41) is 11.5. The minimum atomic E-state index is -3.20. The molecule has 11 heteroatoms. The van der Waals surface area contributed by atoms with Gasteiger partial charge in [0.2, 0.25) is 0 Å². The number of alkyl halides is 2. The second-order valence-electron chi connectivity index (χ2n) is 5.23. The van der Waals surface area contributed by atoms with E-state index in [-0.39, 0.29) is 12.5 Å². The van der Waals surface area contributed by atoms with Crippen LogP contribution < -0.4 is 9.99 Å². The highest BCUT2D eigenvalue weighted by Gasteiger charge is 2.41. The maximum absolute atomic E-state index is 12.4. The molecule has 0 aromatic carbocycles. The van der Waals surface area contributed by atoms with E-state index < -0.39 is 13.9 Å². The van der Waals surface area contributed by atoms with Crippen LogP contribution in [0, 0.1) is 0 Å². The van der Waals surface area contributed by atoms with Crippen molar-refractivity contribution in [1.82, 2.24) is 14.7 Å². The van der Waals surface area contributed by atoms with Gasteiger partial charge < -0.3 is 9.42 Å². The monoisotopic (exact) mass is 414 g/mol. The molecule has 2 heterocycles. The van der Waals surface area contributed by atoms with Crippen LogP contribution in [0.2, 0.25) is 0 Å². The van der Waals surface area contributed by atoms with E-state index in [0.29, 0.717) is 25.4 Å². The largest absolute Gasteiger partial charge is 0.363 e. The number of rotatable bonds is 7. The van der Waals surface area contributed by atoms with Crippen LogP contribution in [0.15, 0.2) is 24.4 Å². The van der Waals surface area contributed by atoms with Crippen molar-refractivity contribution in [2.45, 2.75) is 12.6 Å². The molecule has 0 aliphatic carbocycles. The summed E-state index contributed by atoms with van der Waals surface area (Å²) in [4.78, 5) is 10.4. The molecule has 25 heavy (non-hydrogen) atoms. The second-order valence-corrected chi connectivity index (χ2v) is 8.12. The van der Waals surface area contributed by atoms with Crippen molar-refractivity contribution < 1.29 is 19.2 Å². The Bertz CT molecular complexity index is 527. The zero-order valence-corrected chi connectivity index (χ0v) is 16.8. The highest BCUT2D eigenvalue weighted by atomic mass is 35.5. The zero-order valence-electron chi connectivity index (χ0n) is 14.3. The summed E-state index contributed by atoms with van der Waals surface area (Å²) in [6.07, 6.45) is 1.55. The molecule has 1 aliphatic heterocycles. The van der Waals surface area contributed by atoms with E-state index in [1.165, 1.54) is 4.67 Å². The van der Waals surface area contributed by atoms with Crippen molar-refractivity contribution >= 4 is 36.7 Å². The molecule has 0 bridgehead atoms. The fraction of sp³-hybridized carbons (Fsp3) is 0.643. The average Bonchev–Trinajstić information content (AvgIpc) is 2.63. The molecule has 0 saturated carbocycles. The Labute approximate surface area is 158 Å². The normalized spacial score (nSPS) is 23.6. The van der Waals surface area contributed by atoms with E-state index in [1.54, 1.807) is 6.20 Å². The van der Waals surface area contributed by atoms with Crippen LogP contribution in [0.25, 0.3) is 0 Å². The molecule has 144 valence electrons. The Morgan fingerprint density at radius 1 is 1.48 bits per heavy atom. The molecule has 1 fully saturated rings. The highest BCUT2D eigenvalue weighted by molar-refractivity contribution is 7.54. The summed E-state index contributed by atoms with van der Waals surface area (Å²) >= 11 is 11.1. The lowest BCUT2D eigenvalue weighted by atomic mass is 10.4. The van der Waals surface area contributed by atoms with E-state index in [2.05, 4.69) is 15.0 Å². The number of hydrogen-bond acceptors (Lipinski definition) is 6. The summed E-state index contributed by atoms with van der Waals surface area (Å²) < 4.78 is 19.0. The minimum Gasteiger partial charge on any atom is -0.363 e. The molecule has 0 spiro atoms. The van der Waals surface area contributed by atoms with Gasteiger partial charge in [-0.1, -0.05) is 6.07 Å². The van der Waals surface area contributed by atoms with E-state index in [4.69, 9.17) is 33.0 Å². The summed E-state index contributed by atoms with van der Waals surface area (Å²) in [5.74, 6) is 1.57. The fourth-order valence-electron chi connectivity index (χ4n) is 2.08. The predicted molar refractivity (Wildman–Crippen MR) is 100 cm³/mol. The first-order valence-corrected chi connectivity index (χ1v) is 10.4. The molecular formula is C14H25Cl2N4O4P. The quantitative estimate of drug-likeness (QED) is 0.304. The van der Waals surface area contributed by atoms with Gasteiger partial charge in [-0.15, -0.1) is 23.2 Å². The molecular weight excluding hydrogens is 390 g/mol. The van der Waals surface area contributed by atoms with Gasteiger partial charge in [-0.25, -0.2) is 15.0 Å². The number of pyridine rings is 1. The molecule has 2 unspecified atom stereocenters. The van der Waals surface area contributed by atoms with Crippen molar-refractivity contribution in [3.8, 4) is 0 Å². The molecule has 2 atom stereocenters. The molecule has 2 rings (SSSR count). The molecule has 1 aliphatic rings. The van der Waals surface area contributed by atoms with Crippen LogP contribution in [0.5, 0.6) is 0 Å². The van der Waals surface area contributed by atoms with Crippen LogP contribution >= 0.6 is 30.9 Å². The first-order valence-electron chi connectivity index (χ1n) is 7.75. The van der Waals surface area contributed by atoms with Crippen molar-refractivity contribution in [2.75, 3.05) is 50.5 Å². The van der Waals surface area contributed by atoms with Crippen molar-refractivity contribution in [3.63, 3.8) is 0 Å². The lowest BCUT2D eigenvalue weighted by Crippen LogP contribution is -2.44. The Balaban J connectivity index is 0.000000293. The van der Waals surface area contributed by atoms with Crippen molar-refractivity contribution in [1.29, 1.82) is 0 Å². The topological polar surface area (TPSA) is 87.2 Å². The third-order valence-corrected chi connectivity index (χ3v) is 5.90. The third kappa shape index (κ3) is 7.37. The maximum atomic E-state index is 12.4. The highest BCUT2D eigenvalue weighted by Crippen LogP contribution is 2.51. The molecule has 1 aromatic heterocycles. The number of nitrogens with one attached hydrogen (secondary N) is 1. The van der Waals surface area contributed by atoms with Crippen LogP contribution in [-0.2, 0) is 14.0 Å². The molecule has 8 nitrogen and oxygen atoms in total. The standard InChI is InChI=1S/C7H15Cl2N2O4P.C7H10N2/c8-2-4-10-16(13)11(5-3-9)7(15-12)1-6-14-16;1-9(2)7-5-3-4-6-8-7/h7,12H,1-6H2,(H,10,13);3-6H,1-2H3. The van der Waals surface area contributed by atoms with Gasteiger partial charge in [0.25, 0.3) is 0 Å². The van der Waals surface area contributed by atoms with Gasteiger partial charge in [-0.05, 0) is 12.1 Å². The van der Waals surface area contributed by atoms with E-state index >= 15 is 0 Å². The fourth-order valence-corrected chi connectivity index (χ4v) is 4.63. The van der Waals surface area contributed by atoms with Crippen molar-refractivity contribution in [2.24, 2.45) is 0 Å². The number of hydrogen-bond donors (Lipinski definition) is 2. The molecule has 0 radical (unpaired) electrons. The van der Waals surface area contributed by atoms with E-state index in [1.807, 2.05) is 37.2 Å². The van der Waals surface area contributed by atoms with Gasteiger partial charge in [0.1, 0.15) is 5.82 Å². The van der Waals surface area contributed by atoms with Crippen LogP contribution in [0.1, 0.15) is 6.42 Å². The first-order chi connectivity index (χ1) is 12.0. The summed E-state index contributed by atoms with van der Waals surface area (Å²) in [6, 6.07) is 5.86. The van der Waals surface area contributed by atoms with Gasteiger partial charge in [0.15, 0.2) is 6.23 Å².